The van der Waals surface area contributed by atoms with E-state index in [0.717, 1.165) is 31.1 Å². The first-order valence-electron chi connectivity index (χ1n) is 6.40. The van der Waals surface area contributed by atoms with Gasteiger partial charge in [-0.15, -0.1) is 0 Å². The molecule has 2 N–H and O–H groups in total. The molecule has 1 aliphatic rings. The molecule has 1 aromatic rings. The molecule has 4 nitrogen and oxygen atoms in total. The second kappa shape index (κ2) is 6.37. The molecule has 0 aromatic heterocycles. The summed E-state index contributed by atoms with van der Waals surface area (Å²) >= 11 is 5.86. The summed E-state index contributed by atoms with van der Waals surface area (Å²) in [7, 11) is 1.38. The average Bonchev–Trinajstić information content (AvgIpc) is 2.88. The van der Waals surface area contributed by atoms with Crippen molar-refractivity contribution in [3.05, 3.63) is 34.9 Å². The van der Waals surface area contributed by atoms with Gasteiger partial charge in [-0.25, -0.2) is 0 Å². The van der Waals surface area contributed by atoms with Crippen LogP contribution in [-0.4, -0.2) is 37.1 Å². The second-order valence-electron chi connectivity index (χ2n) is 4.96. The van der Waals surface area contributed by atoms with Crippen LogP contribution in [0.4, 0.5) is 0 Å². The summed E-state index contributed by atoms with van der Waals surface area (Å²) in [5.74, 6) is -0.141. The van der Waals surface area contributed by atoms with Crippen LogP contribution in [0, 0.1) is 5.92 Å². The van der Waals surface area contributed by atoms with E-state index in [-0.39, 0.29) is 11.9 Å². The lowest BCUT2D eigenvalue weighted by molar-refractivity contribution is -0.143. The van der Waals surface area contributed by atoms with Crippen LogP contribution in [0.2, 0.25) is 5.02 Å². The zero-order valence-corrected chi connectivity index (χ0v) is 11.8. The molecule has 0 radical (unpaired) electrons. The second-order valence-corrected chi connectivity index (χ2v) is 5.40. The molecule has 1 saturated heterocycles. The number of carbonyl (C=O) groups excluding carboxylic acids is 1. The van der Waals surface area contributed by atoms with Gasteiger partial charge in [-0.05, 0) is 36.6 Å². The van der Waals surface area contributed by atoms with Crippen molar-refractivity contribution in [3.8, 4) is 0 Å². The van der Waals surface area contributed by atoms with E-state index < -0.39 is 6.04 Å². The Bertz CT molecular complexity index is 436. The fourth-order valence-corrected chi connectivity index (χ4v) is 2.60. The lowest BCUT2D eigenvalue weighted by atomic mass is 10.0. The smallest absolute Gasteiger partial charge is 0.322 e. The van der Waals surface area contributed by atoms with Gasteiger partial charge in [0, 0.05) is 18.1 Å². The molecule has 0 aliphatic carbocycles. The van der Waals surface area contributed by atoms with Crippen molar-refractivity contribution in [2.45, 2.75) is 19.0 Å². The van der Waals surface area contributed by atoms with Crippen molar-refractivity contribution in [1.29, 1.82) is 0 Å². The minimum absolute atomic E-state index is 0.180. The molecule has 1 heterocycles. The molecule has 2 unspecified atom stereocenters. The van der Waals surface area contributed by atoms with Crippen LogP contribution in [0.1, 0.15) is 12.0 Å². The predicted octanol–water partition coefficient (Wildman–Crippen LogP) is 1.66. The van der Waals surface area contributed by atoms with E-state index >= 15 is 0 Å². The number of methoxy groups -OCH3 is 1. The molecule has 1 fully saturated rings. The number of nitrogens with zero attached hydrogens (tertiary/aromatic N) is 1. The van der Waals surface area contributed by atoms with Gasteiger partial charge in [-0.2, -0.15) is 0 Å². The Labute approximate surface area is 118 Å². The highest BCUT2D eigenvalue weighted by atomic mass is 35.5. The molecule has 1 aliphatic heterocycles. The number of nitrogens with two attached hydrogens (primary N) is 1. The van der Waals surface area contributed by atoms with Gasteiger partial charge in [0.05, 0.1) is 7.11 Å². The number of carbonyl (C=O) groups is 1. The molecule has 1 aromatic carbocycles. The zero-order valence-electron chi connectivity index (χ0n) is 11.0. The topological polar surface area (TPSA) is 55.6 Å². The third kappa shape index (κ3) is 3.69. The number of halogens is 1. The number of ether oxygens (including phenoxy) is 1. The molecular formula is C14H19ClN2O2. The summed E-state index contributed by atoms with van der Waals surface area (Å²) in [5, 5.41) is 0.746. The minimum Gasteiger partial charge on any atom is -0.468 e. The number of benzene rings is 1. The van der Waals surface area contributed by atoms with Gasteiger partial charge in [0.25, 0.3) is 0 Å². The number of rotatable bonds is 4. The first kappa shape index (κ1) is 14.3. The number of hydrogen-bond donors (Lipinski definition) is 1. The summed E-state index contributed by atoms with van der Waals surface area (Å²) in [4.78, 5) is 13.7. The number of esters is 1. The number of likely N-dealkylation sites (tertiary alicyclic amines) is 1. The van der Waals surface area contributed by atoms with Crippen molar-refractivity contribution < 1.29 is 9.53 Å². The third-order valence-corrected chi connectivity index (χ3v) is 3.86. The van der Waals surface area contributed by atoms with Gasteiger partial charge < -0.3 is 10.5 Å². The summed E-state index contributed by atoms with van der Waals surface area (Å²) in [6, 6.07) is 7.32. The van der Waals surface area contributed by atoms with Gasteiger partial charge in [0.1, 0.15) is 6.04 Å². The summed E-state index contributed by atoms with van der Waals surface area (Å²) < 4.78 is 4.69. The minimum atomic E-state index is -0.514. The Kier molecular flexibility index (Phi) is 4.80. The third-order valence-electron chi connectivity index (χ3n) is 3.61. The van der Waals surface area contributed by atoms with E-state index in [0.29, 0.717) is 0 Å². The fourth-order valence-electron chi connectivity index (χ4n) is 2.48. The maximum Gasteiger partial charge on any atom is 0.322 e. The Morgan fingerprint density at radius 1 is 1.53 bits per heavy atom. The van der Waals surface area contributed by atoms with Crippen molar-refractivity contribution in [2.75, 3.05) is 20.2 Å². The van der Waals surface area contributed by atoms with Gasteiger partial charge >= 0.3 is 5.97 Å². The lowest BCUT2D eigenvalue weighted by Gasteiger charge is -2.18. The highest BCUT2D eigenvalue weighted by molar-refractivity contribution is 6.30. The van der Waals surface area contributed by atoms with Crippen LogP contribution in [0.3, 0.4) is 0 Å². The number of hydrogen-bond acceptors (Lipinski definition) is 4. The molecular weight excluding hydrogens is 264 g/mol. The first-order valence-corrected chi connectivity index (χ1v) is 6.78. The quantitative estimate of drug-likeness (QED) is 0.854. The van der Waals surface area contributed by atoms with Gasteiger partial charge in [-0.1, -0.05) is 23.7 Å². The fraction of sp³-hybridized carbons (Fsp3) is 0.500. The molecule has 0 spiro atoms. The van der Waals surface area contributed by atoms with Crippen LogP contribution >= 0.6 is 11.6 Å². The monoisotopic (exact) mass is 282 g/mol. The summed E-state index contributed by atoms with van der Waals surface area (Å²) in [6.45, 7) is 2.65. The molecule has 0 saturated carbocycles. The first-order chi connectivity index (χ1) is 9.10. The molecule has 2 atom stereocenters. The van der Waals surface area contributed by atoms with Crippen molar-refractivity contribution in [3.63, 3.8) is 0 Å². The SMILES string of the molecule is COC(=O)C(N)C1CCN(Cc2ccc(Cl)cc2)C1. The van der Waals surface area contributed by atoms with Crippen LogP contribution in [0.25, 0.3) is 0 Å². The zero-order chi connectivity index (χ0) is 13.8. The largest absolute Gasteiger partial charge is 0.468 e. The Morgan fingerprint density at radius 3 is 2.84 bits per heavy atom. The lowest BCUT2D eigenvalue weighted by Crippen LogP contribution is -2.40. The van der Waals surface area contributed by atoms with Gasteiger partial charge in [0.2, 0.25) is 0 Å². The molecule has 0 amide bonds. The van der Waals surface area contributed by atoms with Crippen molar-refractivity contribution in [1.82, 2.24) is 4.90 Å². The van der Waals surface area contributed by atoms with Crippen LogP contribution < -0.4 is 5.73 Å². The molecule has 0 bridgehead atoms. The molecule has 2 rings (SSSR count). The average molecular weight is 283 g/mol. The maximum atomic E-state index is 11.4. The molecule has 104 valence electrons. The van der Waals surface area contributed by atoms with E-state index in [2.05, 4.69) is 4.90 Å². The van der Waals surface area contributed by atoms with E-state index in [1.807, 2.05) is 24.3 Å². The Hall–Kier alpha value is -1.10. The Balaban J connectivity index is 1.88. The van der Waals surface area contributed by atoms with E-state index in [9.17, 15) is 4.79 Å². The Morgan fingerprint density at radius 2 is 2.21 bits per heavy atom. The van der Waals surface area contributed by atoms with E-state index in [1.54, 1.807) is 0 Å². The normalized spacial score (nSPS) is 21.3. The van der Waals surface area contributed by atoms with Crippen molar-refractivity contribution in [2.24, 2.45) is 11.7 Å². The van der Waals surface area contributed by atoms with Crippen molar-refractivity contribution >= 4 is 17.6 Å². The molecule has 5 heteroatoms. The highest BCUT2D eigenvalue weighted by Crippen LogP contribution is 2.22. The van der Waals surface area contributed by atoms with Crippen LogP contribution in [0.15, 0.2) is 24.3 Å². The van der Waals surface area contributed by atoms with Crippen LogP contribution in [0.5, 0.6) is 0 Å². The van der Waals surface area contributed by atoms with Crippen LogP contribution in [-0.2, 0) is 16.1 Å². The predicted molar refractivity (Wildman–Crippen MR) is 74.8 cm³/mol. The standard InChI is InChI=1S/C14H19ClN2O2/c1-19-14(18)13(16)11-6-7-17(9-11)8-10-2-4-12(15)5-3-10/h2-5,11,13H,6-9,16H2,1H3. The van der Waals surface area contributed by atoms with Gasteiger partial charge in [-0.3, -0.25) is 9.69 Å². The molecule has 19 heavy (non-hydrogen) atoms. The van der Waals surface area contributed by atoms with Gasteiger partial charge in [0.15, 0.2) is 0 Å². The maximum absolute atomic E-state index is 11.4. The van der Waals surface area contributed by atoms with E-state index in [4.69, 9.17) is 22.1 Å². The summed E-state index contributed by atoms with van der Waals surface area (Å²) in [5.41, 5.74) is 7.11. The summed E-state index contributed by atoms with van der Waals surface area (Å²) in [6.07, 6.45) is 0.934. The van der Waals surface area contributed by atoms with E-state index in [1.165, 1.54) is 12.7 Å². The highest BCUT2D eigenvalue weighted by Gasteiger charge is 2.31.